The first kappa shape index (κ1) is 13.1. The molecule has 0 aromatic heterocycles. The van der Waals surface area contributed by atoms with Crippen LogP contribution in [0, 0.1) is 5.82 Å². The molecule has 0 fully saturated rings. The van der Waals surface area contributed by atoms with Gasteiger partial charge in [0.15, 0.2) is 0 Å². The molecule has 18 heavy (non-hydrogen) atoms. The minimum Gasteiger partial charge on any atom is -0.388 e. The molecule has 2 rings (SSSR count). The Balaban J connectivity index is 2.08. The highest BCUT2D eigenvalue weighted by atomic mass is 35.5. The van der Waals surface area contributed by atoms with Crippen molar-refractivity contribution < 1.29 is 9.50 Å². The van der Waals surface area contributed by atoms with Crippen molar-refractivity contribution in [2.45, 2.75) is 17.9 Å². The molecule has 1 N–H and O–H groups in total. The molecule has 0 aliphatic rings. The summed E-state index contributed by atoms with van der Waals surface area (Å²) in [5, 5.41) is 9.68. The Morgan fingerprint density at radius 1 is 1.00 bits per heavy atom. The Kier molecular flexibility index (Phi) is 4.34. The van der Waals surface area contributed by atoms with E-state index >= 15 is 0 Å². The zero-order valence-corrected chi connectivity index (χ0v) is 10.5. The van der Waals surface area contributed by atoms with Gasteiger partial charge in [-0.05, 0) is 18.1 Å². The van der Waals surface area contributed by atoms with Crippen molar-refractivity contribution in [1.29, 1.82) is 0 Å². The summed E-state index contributed by atoms with van der Waals surface area (Å²) in [4.78, 5) is 0. The maximum Gasteiger partial charge on any atom is 0.128 e. The van der Waals surface area contributed by atoms with E-state index in [0.717, 1.165) is 5.56 Å². The minimum atomic E-state index is -0.895. The fraction of sp³-hybridized carbons (Fsp3) is 0.200. The average molecular weight is 265 g/mol. The van der Waals surface area contributed by atoms with Crippen LogP contribution in [0.1, 0.15) is 29.0 Å². The van der Waals surface area contributed by atoms with Crippen molar-refractivity contribution in [3.63, 3.8) is 0 Å². The summed E-state index contributed by atoms with van der Waals surface area (Å²) in [6, 6.07) is 15.7. The van der Waals surface area contributed by atoms with Gasteiger partial charge in [0, 0.05) is 5.56 Å². The van der Waals surface area contributed by atoms with Gasteiger partial charge < -0.3 is 5.11 Å². The minimum absolute atomic E-state index is 0.284. The molecule has 1 nitrogen and oxygen atoms in total. The second-order valence-electron chi connectivity index (χ2n) is 4.15. The molecule has 0 saturated carbocycles. The topological polar surface area (TPSA) is 20.2 Å². The lowest BCUT2D eigenvalue weighted by molar-refractivity contribution is 0.161. The molecular formula is C15H14ClFO. The van der Waals surface area contributed by atoms with Crippen molar-refractivity contribution >= 4 is 11.6 Å². The first-order chi connectivity index (χ1) is 8.68. The highest BCUT2D eigenvalue weighted by Crippen LogP contribution is 2.31. The molecule has 0 amide bonds. The zero-order chi connectivity index (χ0) is 13.0. The predicted molar refractivity (Wildman–Crippen MR) is 71.0 cm³/mol. The first-order valence-electron chi connectivity index (χ1n) is 5.80. The number of benzene rings is 2. The van der Waals surface area contributed by atoms with Gasteiger partial charge in [-0.15, -0.1) is 11.6 Å². The van der Waals surface area contributed by atoms with Gasteiger partial charge in [0.05, 0.1) is 11.5 Å². The van der Waals surface area contributed by atoms with E-state index in [2.05, 4.69) is 0 Å². The van der Waals surface area contributed by atoms with Gasteiger partial charge in [0.2, 0.25) is 0 Å². The highest BCUT2D eigenvalue weighted by molar-refractivity contribution is 6.20. The van der Waals surface area contributed by atoms with Crippen molar-refractivity contribution in [2.75, 3.05) is 0 Å². The third kappa shape index (κ3) is 3.09. The SMILES string of the molecule is O[C@H](C[C@@H](Cl)c1ccccc1)c1ccccc1F. The molecule has 0 radical (unpaired) electrons. The summed E-state index contributed by atoms with van der Waals surface area (Å²) in [7, 11) is 0. The lowest BCUT2D eigenvalue weighted by atomic mass is 10.0. The van der Waals surface area contributed by atoms with Crippen LogP contribution in [0.15, 0.2) is 54.6 Å². The molecule has 0 saturated heterocycles. The number of halogens is 2. The van der Waals surface area contributed by atoms with Crippen LogP contribution in [0.2, 0.25) is 0 Å². The molecule has 94 valence electrons. The molecule has 0 unspecified atom stereocenters. The van der Waals surface area contributed by atoms with Gasteiger partial charge in [-0.2, -0.15) is 0 Å². The number of aliphatic hydroxyl groups is 1. The van der Waals surface area contributed by atoms with E-state index < -0.39 is 11.9 Å². The largest absolute Gasteiger partial charge is 0.388 e. The Bertz CT molecular complexity index is 501. The van der Waals surface area contributed by atoms with Gasteiger partial charge >= 0.3 is 0 Å². The van der Waals surface area contributed by atoms with Crippen molar-refractivity contribution in [3.8, 4) is 0 Å². The van der Waals surface area contributed by atoms with Crippen LogP contribution in [0.3, 0.4) is 0 Å². The van der Waals surface area contributed by atoms with Gasteiger partial charge in [-0.25, -0.2) is 4.39 Å². The monoisotopic (exact) mass is 264 g/mol. The van der Waals surface area contributed by atoms with Crippen LogP contribution in [-0.2, 0) is 0 Å². The molecule has 2 atom stereocenters. The van der Waals surface area contributed by atoms with E-state index in [0.29, 0.717) is 5.56 Å². The van der Waals surface area contributed by atoms with Crippen LogP contribution in [0.5, 0.6) is 0 Å². The molecule has 0 spiro atoms. The molecule has 2 aromatic carbocycles. The maximum atomic E-state index is 13.5. The van der Waals surface area contributed by atoms with Crippen LogP contribution in [0.4, 0.5) is 4.39 Å². The molecule has 0 aliphatic heterocycles. The van der Waals surface area contributed by atoms with Gasteiger partial charge in [0.1, 0.15) is 5.82 Å². The number of hydrogen-bond acceptors (Lipinski definition) is 1. The molecule has 2 aromatic rings. The summed E-state index contributed by atoms with van der Waals surface area (Å²) >= 11 is 6.22. The van der Waals surface area contributed by atoms with Gasteiger partial charge in [-0.1, -0.05) is 48.5 Å². The van der Waals surface area contributed by atoms with E-state index in [1.807, 2.05) is 30.3 Å². The number of aliphatic hydroxyl groups excluding tert-OH is 1. The lowest BCUT2D eigenvalue weighted by Crippen LogP contribution is -2.04. The lowest BCUT2D eigenvalue weighted by Gasteiger charge is -2.16. The summed E-state index contributed by atoms with van der Waals surface area (Å²) in [6.45, 7) is 0. The summed E-state index contributed by atoms with van der Waals surface area (Å²) in [5.74, 6) is -0.401. The number of rotatable bonds is 4. The smallest absolute Gasteiger partial charge is 0.128 e. The summed E-state index contributed by atoms with van der Waals surface area (Å²) in [6.07, 6.45) is -0.610. The van der Waals surface area contributed by atoms with E-state index in [4.69, 9.17) is 11.6 Å². The second-order valence-corrected chi connectivity index (χ2v) is 4.68. The van der Waals surface area contributed by atoms with Crippen LogP contribution < -0.4 is 0 Å². The fourth-order valence-electron chi connectivity index (χ4n) is 1.87. The van der Waals surface area contributed by atoms with Crippen LogP contribution in [-0.4, -0.2) is 5.11 Å². The Morgan fingerprint density at radius 3 is 2.28 bits per heavy atom. The fourth-order valence-corrected chi connectivity index (χ4v) is 2.18. The van der Waals surface area contributed by atoms with Crippen LogP contribution >= 0.6 is 11.6 Å². The van der Waals surface area contributed by atoms with Crippen molar-refractivity contribution in [1.82, 2.24) is 0 Å². The number of alkyl halides is 1. The van der Waals surface area contributed by atoms with Crippen LogP contribution in [0.25, 0.3) is 0 Å². The Morgan fingerprint density at radius 2 is 1.61 bits per heavy atom. The van der Waals surface area contributed by atoms with E-state index in [9.17, 15) is 9.50 Å². The summed E-state index contributed by atoms with van der Waals surface area (Å²) in [5.41, 5.74) is 1.22. The van der Waals surface area contributed by atoms with Gasteiger partial charge in [0.25, 0.3) is 0 Å². The predicted octanol–water partition coefficient (Wildman–Crippen LogP) is 4.23. The molecule has 0 aliphatic carbocycles. The quantitative estimate of drug-likeness (QED) is 0.820. The van der Waals surface area contributed by atoms with E-state index in [-0.39, 0.29) is 11.8 Å². The molecule has 0 heterocycles. The third-order valence-corrected chi connectivity index (χ3v) is 3.29. The molecule has 0 bridgehead atoms. The highest BCUT2D eigenvalue weighted by Gasteiger charge is 2.17. The van der Waals surface area contributed by atoms with Crippen molar-refractivity contribution in [3.05, 3.63) is 71.5 Å². The third-order valence-electron chi connectivity index (χ3n) is 2.86. The van der Waals surface area contributed by atoms with E-state index in [1.54, 1.807) is 18.2 Å². The zero-order valence-electron chi connectivity index (χ0n) is 9.76. The summed E-state index contributed by atoms with van der Waals surface area (Å²) < 4.78 is 13.5. The van der Waals surface area contributed by atoms with Gasteiger partial charge in [-0.3, -0.25) is 0 Å². The number of hydrogen-bond donors (Lipinski definition) is 1. The molecular weight excluding hydrogens is 251 g/mol. The van der Waals surface area contributed by atoms with Crippen molar-refractivity contribution in [2.24, 2.45) is 0 Å². The maximum absolute atomic E-state index is 13.5. The van der Waals surface area contributed by atoms with E-state index in [1.165, 1.54) is 6.07 Å². The first-order valence-corrected chi connectivity index (χ1v) is 6.23. The molecule has 3 heteroatoms. The average Bonchev–Trinajstić information content (AvgIpc) is 2.40. The Labute approximate surface area is 111 Å². The second kappa shape index (κ2) is 5.98. The normalized spacial score (nSPS) is 14.2. The standard InChI is InChI=1S/C15H14ClFO/c16-13(11-6-2-1-3-7-11)10-15(18)12-8-4-5-9-14(12)17/h1-9,13,15,18H,10H2/t13-,15-/m1/s1. The Hall–Kier alpha value is -1.38.